The fourth-order valence-corrected chi connectivity index (χ4v) is 1.75. The van der Waals surface area contributed by atoms with Crippen LogP contribution < -0.4 is 10.6 Å². The van der Waals surface area contributed by atoms with E-state index in [9.17, 15) is 4.79 Å². The molecule has 1 aromatic heterocycles. The second-order valence-corrected chi connectivity index (χ2v) is 5.31. The third-order valence-corrected chi connectivity index (χ3v) is 2.36. The van der Waals surface area contributed by atoms with Crippen LogP contribution in [0.15, 0.2) is 4.52 Å². The molecule has 1 unspecified atom stereocenters. The molecule has 2 N–H and O–H groups in total. The zero-order valence-electron chi connectivity index (χ0n) is 11.3. The lowest BCUT2D eigenvalue weighted by Crippen LogP contribution is -2.47. The Bertz CT molecular complexity index is 385. The van der Waals surface area contributed by atoms with Crippen LogP contribution in [0.4, 0.5) is 4.79 Å². The van der Waals surface area contributed by atoms with Gasteiger partial charge in [0.1, 0.15) is 5.76 Å². The number of nitrogens with one attached hydrogen (secondary N) is 2. The maximum atomic E-state index is 11.7. The molecule has 0 aromatic carbocycles. The Balaban J connectivity index is 2.67. The van der Waals surface area contributed by atoms with Gasteiger partial charge in [-0.05, 0) is 41.5 Å². The lowest BCUT2D eigenvalue weighted by Gasteiger charge is -2.22. The molecular formula is C12H21N3O2. The molecule has 5 nitrogen and oxygen atoms in total. The van der Waals surface area contributed by atoms with Crippen molar-refractivity contribution in [2.45, 2.75) is 53.1 Å². The minimum absolute atomic E-state index is 0.122. The van der Waals surface area contributed by atoms with Gasteiger partial charge >= 0.3 is 6.03 Å². The Morgan fingerprint density at radius 1 is 1.35 bits per heavy atom. The zero-order valence-corrected chi connectivity index (χ0v) is 11.3. The second kappa shape index (κ2) is 4.77. The van der Waals surface area contributed by atoms with Gasteiger partial charge in [-0.15, -0.1) is 0 Å². The predicted molar refractivity (Wildman–Crippen MR) is 65.8 cm³/mol. The molecule has 0 aliphatic rings. The second-order valence-electron chi connectivity index (χ2n) is 5.31. The Hall–Kier alpha value is -1.52. The Morgan fingerprint density at radius 2 is 1.94 bits per heavy atom. The summed E-state index contributed by atoms with van der Waals surface area (Å²) in [5.41, 5.74) is 1.50. The maximum absolute atomic E-state index is 11.7. The van der Waals surface area contributed by atoms with Gasteiger partial charge in [0, 0.05) is 11.1 Å². The van der Waals surface area contributed by atoms with Crippen LogP contribution in [0.1, 0.15) is 50.8 Å². The quantitative estimate of drug-likeness (QED) is 0.833. The van der Waals surface area contributed by atoms with Crippen molar-refractivity contribution in [3.63, 3.8) is 0 Å². The summed E-state index contributed by atoms with van der Waals surface area (Å²) in [7, 11) is 0. The van der Waals surface area contributed by atoms with Gasteiger partial charge in [-0.1, -0.05) is 5.16 Å². The topological polar surface area (TPSA) is 67.2 Å². The number of amides is 2. The molecule has 0 bridgehead atoms. The summed E-state index contributed by atoms with van der Waals surface area (Å²) in [6.07, 6.45) is 0. The van der Waals surface area contributed by atoms with Crippen LogP contribution in [0.25, 0.3) is 0 Å². The fraction of sp³-hybridized carbons (Fsp3) is 0.667. The van der Waals surface area contributed by atoms with Gasteiger partial charge in [0.15, 0.2) is 0 Å². The first-order chi connectivity index (χ1) is 7.70. The highest BCUT2D eigenvalue weighted by Crippen LogP contribution is 2.20. The van der Waals surface area contributed by atoms with Crippen molar-refractivity contribution in [1.29, 1.82) is 0 Å². The number of rotatable bonds is 2. The number of carbonyl (C=O) groups is 1. The third kappa shape index (κ3) is 3.76. The van der Waals surface area contributed by atoms with E-state index >= 15 is 0 Å². The summed E-state index contributed by atoms with van der Waals surface area (Å²) in [6, 6.07) is -0.311. The molecule has 0 aliphatic carbocycles. The molecule has 5 heteroatoms. The highest BCUT2D eigenvalue weighted by atomic mass is 16.5. The van der Waals surface area contributed by atoms with Crippen molar-refractivity contribution in [1.82, 2.24) is 15.8 Å². The number of carbonyl (C=O) groups excluding carboxylic acids is 1. The SMILES string of the molecule is Cc1noc(C)c1C(C)NC(=O)NC(C)(C)C. The van der Waals surface area contributed by atoms with Crippen LogP contribution >= 0.6 is 0 Å². The Labute approximate surface area is 102 Å². The number of aryl methyl sites for hydroxylation is 2. The van der Waals surface area contributed by atoms with Gasteiger partial charge < -0.3 is 15.2 Å². The molecular weight excluding hydrogens is 218 g/mol. The van der Waals surface area contributed by atoms with Crippen molar-refractivity contribution in [3.8, 4) is 0 Å². The van der Waals surface area contributed by atoms with Gasteiger partial charge in [0.25, 0.3) is 0 Å². The predicted octanol–water partition coefficient (Wildman–Crippen LogP) is 2.45. The number of hydrogen-bond acceptors (Lipinski definition) is 3. The Morgan fingerprint density at radius 3 is 2.35 bits per heavy atom. The van der Waals surface area contributed by atoms with Gasteiger partial charge in [0.05, 0.1) is 11.7 Å². The van der Waals surface area contributed by atoms with Crippen molar-refractivity contribution >= 4 is 6.03 Å². The number of aromatic nitrogens is 1. The van der Waals surface area contributed by atoms with E-state index in [1.165, 1.54) is 0 Å². The first-order valence-electron chi connectivity index (χ1n) is 5.72. The molecule has 17 heavy (non-hydrogen) atoms. The standard InChI is InChI=1S/C12H21N3O2/c1-7(10-8(2)15-17-9(10)3)13-11(16)14-12(4,5)6/h7H,1-6H3,(H2,13,14,16). The summed E-state index contributed by atoms with van der Waals surface area (Å²) in [5.74, 6) is 0.742. The zero-order chi connectivity index (χ0) is 13.2. The molecule has 0 saturated carbocycles. The average Bonchev–Trinajstić information content (AvgIpc) is 2.42. The minimum atomic E-state index is -0.247. The van der Waals surface area contributed by atoms with E-state index in [4.69, 9.17) is 4.52 Å². The highest BCUT2D eigenvalue weighted by molar-refractivity contribution is 5.75. The molecule has 1 atom stereocenters. The first kappa shape index (κ1) is 13.5. The first-order valence-corrected chi connectivity index (χ1v) is 5.72. The molecule has 1 aromatic rings. The smallest absolute Gasteiger partial charge is 0.315 e. The van der Waals surface area contributed by atoms with E-state index in [2.05, 4.69) is 15.8 Å². The summed E-state index contributed by atoms with van der Waals surface area (Å²) in [4.78, 5) is 11.7. The van der Waals surface area contributed by atoms with Gasteiger partial charge in [0.2, 0.25) is 0 Å². The monoisotopic (exact) mass is 239 g/mol. The van der Waals surface area contributed by atoms with Crippen molar-refractivity contribution < 1.29 is 9.32 Å². The summed E-state index contributed by atoms with van der Waals surface area (Å²) >= 11 is 0. The molecule has 0 aliphatic heterocycles. The van der Waals surface area contributed by atoms with Gasteiger partial charge in [-0.25, -0.2) is 4.79 Å². The Kier molecular flexibility index (Phi) is 3.80. The van der Waals surface area contributed by atoms with Gasteiger partial charge in [-0.2, -0.15) is 0 Å². The number of hydrogen-bond donors (Lipinski definition) is 2. The van der Waals surface area contributed by atoms with Crippen molar-refractivity contribution in [3.05, 3.63) is 17.0 Å². The van der Waals surface area contributed by atoms with E-state index in [0.29, 0.717) is 0 Å². The average molecular weight is 239 g/mol. The molecule has 0 radical (unpaired) electrons. The molecule has 1 heterocycles. The number of urea groups is 1. The largest absolute Gasteiger partial charge is 0.361 e. The van der Waals surface area contributed by atoms with E-state index in [1.54, 1.807) is 0 Å². The van der Waals surface area contributed by atoms with Crippen molar-refractivity contribution in [2.24, 2.45) is 0 Å². The van der Waals surface area contributed by atoms with Crippen LogP contribution in [0.5, 0.6) is 0 Å². The molecule has 2 amide bonds. The minimum Gasteiger partial charge on any atom is -0.361 e. The molecule has 0 saturated heterocycles. The maximum Gasteiger partial charge on any atom is 0.315 e. The lowest BCUT2D eigenvalue weighted by atomic mass is 10.1. The van der Waals surface area contributed by atoms with Crippen LogP contribution in [-0.4, -0.2) is 16.7 Å². The van der Waals surface area contributed by atoms with E-state index in [-0.39, 0.29) is 17.6 Å². The van der Waals surface area contributed by atoms with E-state index in [0.717, 1.165) is 17.0 Å². The molecule has 96 valence electrons. The van der Waals surface area contributed by atoms with Crippen LogP contribution in [0, 0.1) is 13.8 Å². The molecule has 0 spiro atoms. The number of nitrogens with zero attached hydrogens (tertiary/aromatic N) is 1. The van der Waals surface area contributed by atoms with Gasteiger partial charge in [-0.3, -0.25) is 0 Å². The highest BCUT2D eigenvalue weighted by Gasteiger charge is 2.20. The fourth-order valence-electron chi connectivity index (χ4n) is 1.75. The van der Waals surface area contributed by atoms with Crippen LogP contribution in [0.2, 0.25) is 0 Å². The van der Waals surface area contributed by atoms with E-state index < -0.39 is 0 Å². The third-order valence-electron chi connectivity index (χ3n) is 2.36. The van der Waals surface area contributed by atoms with Crippen molar-refractivity contribution in [2.75, 3.05) is 0 Å². The van der Waals surface area contributed by atoms with Crippen LogP contribution in [0.3, 0.4) is 0 Å². The lowest BCUT2D eigenvalue weighted by molar-refractivity contribution is 0.229. The molecule has 1 rings (SSSR count). The van der Waals surface area contributed by atoms with E-state index in [1.807, 2.05) is 41.5 Å². The summed E-state index contributed by atoms with van der Waals surface area (Å²) in [5, 5.41) is 9.59. The summed E-state index contributed by atoms with van der Waals surface area (Å²) in [6.45, 7) is 11.4. The molecule has 0 fully saturated rings. The normalized spacial score (nSPS) is 13.3. The van der Waals surface area contributed by atoms with Crippen LogP contribution in [-0.2, 0) is 0 Å². The summed E-state index contributed by atoms with van der Waals surface area (Å²) < 4.78 is 5.08.